The minimum atomic E-state index is -2.99. The molecule has 214 valence electrons. The maximum Gasteiger partial charge on any atom is 0.225 e. The number of rotatable bonds is 6. The predicted octanol–water partition coefficient (Wildman–Crippen LogP) is 5.25. The van der Waals surface area contributed by atoms with Crippen LogP contribution in [0.2, 0.25) is 0 Å². The summed E-state index contributed by atoms with van der Waals surface area (Å²) >= 11 is 1.45. The molecule has 3 aromatic rings. The highest BCUT2D eigenvalue weighted by Crippen LogP contribution is 2.47. The first kappa shape index (κ1) is 27.8. The van der Waals surface area contributed by atoms with Crippen molar-refractivity contribution >= 4 is 32.8 Å². The van der Waals surface area contributed by atoms with Gasteiger partial charge in [0.2, 0.25) is 5.91 Å². The molecule has 0 spiro atoms. The molecule has 11 heteroatoms. The molecule has 1 aromatic heterocycles. The number of thiazole rings is 1. The maximum atomic E-state index is 14.7. The van der Waals surface area contributed by atoms with E-state index in [-0.39, 0.29) is 35.6 Å². The Balaban J connectivity index is 1.36. The van der Waals surface area contributed by atoms with Gasteiger partial charge in [-0.2, -0.15) is 5.26 Å². The lowest BCUT2D eigenvalue weighted by molar-refractivity contribution is -0.128. The number of carbonyl (C=O) groups is 1. The molecule has 0 unspecified atom stereocenters. The maximum absolute atomic E-state index is 14.7. The molecule has 3 aliphatic rings. The van der Waals surface area contributed by atoms with Crippen molar-refractivity contribution in [3.05, 3.63) is 60.0 Å². The molecule has 2 aromatic carbocycles. The monoisotopic (exact) mass is 596 g/mol. The quantitative estimate of drug-likeness (QED) is 0.417. The number of carbonyl (C=O) groups excluding carboxylic acids is 1. The third-order valence-corrected chi connectivity index (χ3v) is 11.2. The summed E-state index contributed by atoms with van der Waals surface area (Å²) in [6.07, 6.45) is 0.911. The highest BCUT2D eigenvalue weighted by Gasteiger charge is 2.48. The lowest BCUT2D eigenvalue weighted by Crippen LogP contribution is -2.44. The van der Waals surface area contributed by atoms with Gasteiger partial charge in [-0.25, -0.2) is 22.2 Å². The topological polar surface area (TPSA) is 103 Å². The number of nitriles is 1. The number of benzene rings is 2. The van der Waals surface area contributed by atoms with Crippen molar-refractivity contribution in [2.45, 2.75) is 49.7 Å². The number of nitrogens with one attached hydrogen (secondary N) is 1. The Labute approximate surface area is 242 Å². The van der Waals surface area contributed by atoms with Crippen LogP contribution in [0.15, 0.2) is 48.5 Å². The summed E-state index contributed by atoms with van der Waals surface area (Å²) in [5.41, 5.74) is 2.42. The summed E-state index contributed by atoms with van der Waals surface area (Å²) in [6, 6.07) is 16.1. The highest BCUT2D eigenvalue weighted by atomic mass is 32.2. The summed E-state index contributed by atoms with van der Waals surface area (Å²) in [5.74, 6) is -1.42. The van der Waals surface area contributed by atoms with Gasteiger partial charge in [-0.05, 0) is 74.1 Å². The Morgan fingerprint density at radius 3 is 2.34 bits per heavy atom. The van der Waals surface area contributed by atoms with E-state index in [1.165, 1.54) is 23.5 Å². The van der Waals surface area contributed by atoms with Gasteiger partial charge in [0.25, 0.3) is 0 Å². The van der Waals surface area contributed by atoms with Crippen LogP contribution in [-0.2, 0) is 14.6 Å². The largest absolute Gasteiger partial charge is 0.369 e. The standard InChI is InChI=1S/C30H30F2N4O3S2/c31-21-5-1-20(2-6-21)29-34-26(24-10-7-22(32)17-25(24)28(37)35-30(18-33)11-12-30)27(40-29)19-3-8-23(9-4-19)36-13-15-41(38,39)16-14-36/h1-6,8-9,22,24-25H,7,10-17H2,(H,35,37)/t22-,24-,25-/m1/s1. The first-order valence-electron chi connectivity index (χ1n) is 13.9. The number of alkyl halides is 1. The zero-order chi connectivity index (χ0) is 28.8. The molecule has 41 heavy (non-hydrogen) atoms. The van der Waals surface area contributed by atoms with Gasteiger partial charge >= 0.3 is 0 Å². The van der Waals surface area contributed by atoms with E-state index in [4.69, 9.17) is 4.98 Å². The number of hydrogen-bond donors (Lipinski definition) is 1. The molecule has 2 saturated carbocycles. The molecule has 1 saturated heterocycles. The van der Waals surface area contributed by atoms with Crippen LogP contribution in [0.5, 0.6) is 0 Å². The van der Waals surface area contributed by atoms with Crippen molar-refractivity contribution in [2.24, 2.45) is 5.92 Å². The molecule has 1 aliphatic heterocycles. The van der Waals surface area contributed by atoms with Gasteiger partial charge in [-0.3, -0.25) is 4.79 Å². The molecule has 7 nitrogen and oxygen atoms in total. The van der Waals surface area contributed by atoms with Gasteiger partial charge in [0.15, 0.2) is 9.84 Å². The average Bonchev–Trinajstić information content (AvgIpc) is 3.60. The highest BCUT2D eigenvalue weighted by molar-refractivity contribution is 7.91. The Hall–Kier alpha value is -3.36. The minimum Gasteiger partial charge on any atom is -0.369 e. The molecule has 1 amide bonds. The number of anilines is 1. The summed E-state index contributed by atoms with van der Waals surface area (Å²) in [7, 11) is -2.99. The number of hydrogen-bond acceptors (Lipinski definition) is 7. The second-order valence-electron chi connectivity index (χ2n) is 11.2. The van der Waals surface area contributed by atoms with Crippen LogP contribution < -0.4 is 10.2 Å². The molecule has 3 fully saturated rings. The van der Waals surface area contributed by atoms with Crippen LogP contribution in [-0.4, -0.2) is 55.6 Å². The molecular weight excluding hydrogens is 566 g/mol. The van der Waals surface area contributed by atoms with E-state index in [2.05, 4.69) is 11.4 Å². The van der Waals surface area contributed by atoms with Crippen molar-refractivity contribution in [3.8, 4) is 27.1 Å². The SMILES string of the molecule is N#CC1(NC(=O)[C@@H]2C[C@H](F)CC[C@H]2c2nc(-c3ccc(F)cc3)sc2-c2ccc(N3CCS(=O)(=O)CC3)cc2)CC1. The minimum absolute atomic E-state index is 0.0671. The normalized spacial score (nSPS) is 24.8. The first-order valence-corrected chi connectivity index (χ1v) is 16.5. The molecular formula is C30H30F2N4O3S2. The van der Waals surface area contributed by atoms with Gasteiger partial charge in [0.05, 0.1) is 28.1 Å². The molecule has 3 atom stereocenters. The lowest BCUT2D eigenvalue weighted by atomic mass is 9.75. The average molecular weight is 597 g/mol. The van der Waals surface area contributed by atoms with Crippen molar-refractivity contribution in [1.82, 2.24) is 10.3 Å². The molecule has 6 rings (SSSR count). The third-order valence-electron chi connectivity index (χ3n) is 8.38. The van der Waals surface area contributed by atoms with Gasteiger partial charge in [0, 0.05) is 36.2 Å². The van der Waals surface area contributed by atoms with Crippen molar-refractivity contribution < 1.29 is 22.0 Å². The van der Waals surface area contributed by atoms with E-state index in [0.717, 1.165) is 21.7 Å². The second-order valence-corrected chi connectivity index (χ2v) is 14.5. The zero-order valence-corrected chi connectivity index (χ0v) is 24.0. The molecule has 1 N–H and O–H groups in total. The van der Waals surface area contributed by atoms with Gasteiger partial charge in [0.1, 0.15) is 22.5 Å². The summed E-state index contributed by atoms with van der Waals surface area (Å²) in [5, 5.41) is 13.1. The van der Waals surface area contributed by atoms with Crippen LogP contribution in [0.4, 0.5) is 14.5 Å². The molecule has 2 heterocycles. The second kappa shape index (κ2) is 10.8. The van der Waals surface area contributed by atoms with Crippen molar-refractivity contribution in [3.63, 3.8) is 0 Å². The van der Waals surface area contributed by atoms with E-state index in [9.17, 15) is 27.3 Å². The van der Waals surface area contributed by atoms with E-state index in [1.807, 2.05) is 29.2 Å². The Morgan fingerprint density at radius 1 is 1.05 bits per heavy atom. The van der Waals surface area contributed by atoms with Crippen molar-refractivity contribution in [1.29, 1.82) is 5.26 Å². The van der Waals surface area contributed by atoms with Gasteiger partial charge < -0.3 is 10.2 Å². The van der Waals surface area contributed by atoms with E-state index in [1.54, 1.807) is 12.1 Å². The Kier molecular flexibility index (Phi) is 7.32. The van der Waals surface area contributed by atoms with Crippen LogP contribution in [0.25, 0.3) is 21.0 Å². The Bertz CT molecular complexity index is 1580. The summed E-state index contributed by atoms with van der Waals surface area (Å²) < 4.78 is 52.1. The van der Waals surface area contributed by atoms with Crippen LogP contribution in [0, 0.1) is 23.1 Å². The zero-order valence-electron chi connectivity index (χ0n) is 22.4. The van der Waals surface area contributed by atoms with E-state index >= 15 is 0 Å². The summed E-state index contributed by atoms with van der Waals surface area (Å²) in [6.45, 7) is 0.880. The third kappa shape index (κ3) is 5.86. The number of sulfone groups is 1. The van der Waals surface area contributed by atoms with Crippen LogP contribution >= 0.6 is 11.3 Å². The fourth-order valence-electron chi connectivity index (χ4n) is 5.75. The predicted molar refractivity (Wildman–Crippen MR) is 155 cm³/mol. The molecule has 2 aliphatic carbocycles. The number of nitrogens with zero attached hydrogens (tertiary/aromatic N) is 3. The van der Waals surface area contributed by atoms with Gasteiger partial charge in [-0.15, -0.1) is 11.3 Å². The fourth-order valence-corrected chi connectivity index (χ4v) is 8.10. The smallest absolute Gasteiger partial charge is 0.225 e. The van der Waals surface area contributed by atoms with E-state index in [0.29, 0.717) is 49.5 Å². The van der Waals surface area contributed by atoms with Crippen LogP contribution in [0.3, 0.4) is 0 Å². The van der Waals surface area contributed by atoms with E-state index < -0.39 is 27.5 Å². The molecule has 0 bridgehead atoms. The summed E-state index contributed by atoms with van der Waals surface area (Å²) in [4.78, 5) is 21.3. The Morgan fingerprint density at radius 2 is 1.71 bits per heavy atom. The first-order chi connectivity index (χ1) is 19.7. The van der Waals surface area contributed by atoms with Crippen molar-refractivity contribution in [2.75, 3.05) is 29.5 Å². The van der Waals surface area contributed by atoms with Crippen LogP contribution in [0.1, 0.15) is 43.7 Å². The number of halogens is 2. The number of amides is 1. The fraction of sp³-hybridized carbons (Fsp3) is 0.433. The number of aromatic nitrogens is 1. The lowest BCUT2D eigenvalue weighted by Gasteiger charge is -2.32. The molecule has 0 radical (unpaired) electrons. The van der Waals surface area contributed by atoms with Gasteiger partial charge in [-0.1, -0.05) is 12.1 Å².